The number of fused-ring (bicyclic) bond motifs is 1. The van der Waals surface area contributed by atoms with Crippen molar-refractivity contribution in [3.8, 4) is 0 Å². The first kappa shape index (κ1) is 18.8. The number of rotatable bonds is 4. The SMILES string of the molecule is O=C(O)c1nn(C(C(=O)N2CCOCC2)c2ccccc2)c(=O)c2ccccc12. The molecule has 0 spiro atoms. The van der Waals surface area contributed by atoms with Crippen molar-refractivity contribution < 1.29 is 19.4 Å². The summed E-state index contributed by atoms with van der Waals surface area (Å²) >= 11 is 0. The van der Waals surface area contributed by atoms with Gasteiger partial charge in [0.05, 0.1) is 18.6 Å². The maximum absolute atomic E-state index is 13.4. The van der Waals surface area contributed by atoms with E-state index in [1.165, 1.54) is 0 Å². The molecule has 1 atom stereocenters. The summed E-state index contributed by atoms with van der Waals surface area (Å²) in [5, 5.41) is 14.2. The molecular weight excluding hydrogens is 374 g/mol. The maximum atomic E-state index is 13.4. The Hall–Kier alpha value is -3.52. The van der Waals surface area contributed by atoms with Crippen molar-refractivity contribution in [3.63, 3.8) is 0 Å². The van der Waals surface area contributed by atoms with Crippen LogP contribution in [0.2, 0.25) is 0 Å². The van der Waals surface area contributed by atoms with Crippen molar-refractivity contribution in [2.24, 2.45) is 0 Å². The van der Waals surface area contributed by atoms with E-state index >= 15 is 0 Å². The minimum Gasteiger partial charge on any atom is -0.476 e. The zero-order valence-corrected chi connectivity index (χ0v) is 15.5. The van der Waals surface area contributed by atoms with Gasteiger partial charge in [0.2, 0.25) is 0 Å². The number of aromatic nitrogens is 2. The molecule has 0 saturated carbocycles. The van der Waals surface area contributed by atoms with Gasteiger partial charge in [0.15, 0.2) is 11.7 Å². The number of carbonyl (C=O) groups excluding carboxylic acids is 1. The Kier molecular flexibility index (Phi) is 5.09. The number of aromatic carboxylic acids is 1. The average molecular weight is 393 g/mol. The smallest absolute Gasteiger partial charge is 0.357 e. The molecule has 1 N–H and O–H groups in total. The fourth-order valence-electron chi connectivity index (χ4n) is 3.52. The van der Waals surface area contributed by atoms with Gasteiger partial charge in [0, 0.05) is 18.5 Å². The van der Waals surface area contributed by atoms with Crippen molar-refractivity contribution in [1.29, 1.82) is 0 Å². The molecule has 1 unspecified atom stereocenters. The van der Waals surface area contributed by atoms with Gasteiger partial charge in [-0.05, 0) is 11.6 Å². The summed E-state index contributed by atoms with van der Waals surface area (Å²) in [6.45, 7) is 1.62. The topological polar surface area (TPSA) is 102 Å². The largest absolute Gasteiger partial charge is 0.476 e. The van der Waals surface area contributed by atoms with Gasteiger partial charge >= 0.3 is 5.97 Å². The van der Waals surface area contributed by atoms with Crippen LogP contribution in [0.4, 0.5) is 0 Å². The number of amides is 1. The first-order valence-corrected chi connectivity index (χ1v) is 9.24. The number of morpholine rings is 1. The number of benzene rings is 2. The second-order valence-electron chi connectivity index (χ2n) is 6.70. The summed E-state index contributed by atoms with van der Waals surface area (Å²) < 4.78 is 6.32. The number of nitrogens with zero attached hydrogens (tertiary/aromatic N) is 3. The van der Waals surface area contributed by atoms with Crippen LogP contribution in [0.3, 0.4) is 0 Å². The van der Waals surface area contributed by atoms with Crippen LogP contribution >= 0.6 is 0 Å². The molecule has 1 aliphatic rings. The highest BCUT2D eigenvalue weighted by Crippen LogP contribution is 2.22. The number of carbonyl (C=O) groups is 2. The summed E-state index contributed by atoms with van der Waals surface area (Å²) in [4.78, 5) is 40.0. The van der Waals surface area contributed by atoms with E-state index in [9.17, 15) is 19.5 Å². The molecular formula is C21H19N3O5. The van der Waals surface area contributed by atoms with Crippen LogP contribution in [-0.2, 0) is 9.53 Å². The predicted octanol–water partition coefficient (Wildman–Crippen LogP) is 1.54. The van der Waals surface area contributed by atoms with E-state index in [4.69, 9.17) is 4.74 Å². The third-order valence-electron chi connectivity index (χ3n) is 4.95. The van der Waals surface area contributed by atoms with E-state index in [0.29, 0.717) is 31.9 Å². The number of hydrogen-bond acceptors (Lipinski definition) is 5. The molecule has 1 amide bonds. The minimum atomic E-state index is -1.26. The molecule has 1 aliphatic heterocycles. The van der Waals surface area contributed by atoms with Gasteiger partial charge in [0.25, 0.3) is 11.5 Å². The lowest BCUT2D eigenvalue weighted by Crippen LogP contribution is -2.47. The molecule has 1 aromatic heterocycles. The van der Waals surface area contributed by atoms with Crippen LogP contribution in [0.15, 0.2) is 59.4 Å². The van der Waals surface area contributed by atoms with E-state index in [1.54, 1.807) is 59.5 Å². The number of hydrogen-bond donors (Lipinski definition) is 1. The van der Waals surface area contributed by atoms with Gasteiger partial charge in [-0.3, -0.25) is 9.59 Å². The number of carboxylic acid groups (broad SMARTS) is 1. The molecule has 0 radical (unpaired) electrons. The first-order valence-electron chi connectivity index (χ1n) is 9.24. The van der Waals surface area contributed by atoms with Crippen molar-refractivity contribution in [1.82, 2.24) is 14.7 Å². The first-order chi connectivity index (χ1) is 14.1. The highest BCUT2D eigenvalue weighted by molar-refractivity contribution is 6.01. The molecule has 2 heterocycles. The monoisotopic (exact) mass is 393 g/mol. The van der Waals surface area contributed by atoms with Crippen molar-refractivity contribution in [2.75, 3.05) is 26.3 Å². The van der Waals surface area contributed by atoms with E-state index < -0.39 is 17.6 Å². The highest BCUT2D eigenvalue weighted by Gasteiger charge is 2.31. The highest BCUT2D eigenvalue weighted by atomic mass is 16.5. The Morgan fingerprint density at radius 1 is 0.966 bits per heavy atom. The van der Waals surface area contributed by atoms with Crippen LogP contribution in [-0.4, -0.2) is 58.0 Å². The van der Waals surface area contributed by atoms with Crippen LogP contribution in [0.1, 0.15) is 22.1 Å². The van der Waals surface area contributed by atoms with Gasteiger partial charge < -0.3 is 14.7 Å². The molecule has 8 heteroatoms. The van der Waals surface area contributed by atoms with Crippen LogP contribution < -0.4 is 5.56 Å². The van der Waals surface area contributed by atoms with Gasteiger partial charge in [0.1, 0.15) is 0 Å². The van der Waals surface area contributed by atoms with E-state index in [0.717, 1.165) is 4.68 Å². The Morgan fingerprint density at radius 2 is 1.59 bits per heavy atom. The normalized spacial score (nSPS) is 15.2. The third kappa shape index (κ3) is 3.50. The quantitative estimate of drug-likeness (QED) is 0.722. The molecule has 1 saturated heterocycles. The van der Waals surface area contributed by atoms with Crippen molar-refractivity contribution >= 4 is 22.6 Å². The zero-order valence-electron chi connectivity index (χ0n) is 15.5. The van der Waals surface area contributed by atoms with E-state index in [1.807, 2.05) is 0 Å². The minimum absolute atomic E-state index is 0.204. The lowest BCUT2D eigenvalue weighted by atomic mass is 10.0. The fourth-order valence-corrected chi connectivity index (χ4v) is 3.52. The molecule has 148 valence electrons. The second kappa shape index (κ2) is 7.84. The Bertz CT molecular complexity index is 1120. The summed E-state index contributed by atoms with van der Waals surface area (Å²) in [6.07, 6.45) is 0. The van der Waals surface area contributed by atoms with Crippen LogP contribution in [0.5, 0.6) is 0 Å². The molecule has 8 nitrogen and oxygen atoms in total. The summed E-state index contributed by atoms with van der Waals surface area (Å²) in [5.41, 5.74) is -0.220. The lowest BCUT2D eigenvalue weighted by Gasteiger charge is -2.31. The van der Waals surface area contributed by atoms with Gasteiger partial charge in [-0.15, -0.1) is 0 Å². The standard InChI is InChI=1S/C21H19N3O5/c25-19-16-9-5-4-8-15(16)17(21(27)28)22-24(19)18(14-6-2-1-3-7-14)20(26)23-10-12-29-13-11-23/h1-9,18H,10-13H2,(H,27,28). The Balaban J connectivity index is 1.94. The molecule has 1 fully saturated rings. The van der Waals surface area contributed by atoms with Crippen molar-refractivity contribution in [3.05, 3.63) is 76.2 Å². The van der Waals surface area contributed by atoms with E-state index in [2.05, 4.69) is 5.10 Å². The van der Waals surface area contributed by atoms with Crippen molar-refractivity contribution in [2.45, 2.75) is 6.04 Å². The summed E-state index contributed by atoms with van der Waals surface area (Å²) in [7, 11) is 0. The molecule has 2 aromatic carbocycles. The Labute approximate surface area is 165 Å². The average Bonchev–Trinajstić information content (AvgIpc) is 2.76. The third-order valence-corrected chi connectivity index (χ3v) is 4.95. The Morgan fingerprint density at radius 3 is 2.24 bits per heavy atom. The molecule has 0 aliphatic carbocycles. The van der Waals surface area contributed by atoms with Crippen LogP contribution in [0, 0.1) is 0 Å². The molecule has 29 heavy (non-hydrogen) atoms. The van der Waals surface area contributed by atoms with Crippen LogP contribution in [0.25, 0.3) is 10.8 Å². The number of carboxylic acids is 1. The molecule has 4 rings (SSSR count). The second-order valence-corrected chi connectivity index (χ2v) is 6.70. The van der Waals surface area contributed by atoms with Gasteiger partial charge in [-0.1, -0.05) is 48.5 Å². The summed E-state index contributed by atoms with van der Waals surface area (Å²) in [6, 6.07) is 14.1. The van der Waals surface area contributed by atoms with Gasteiger partial charge in [-0.25, -0.2) is 9.48 Å². The predicted molar refractivity (Wildman–Crippen MR) is 105 cm³/mol. The maximum Gasteiger partial charge on any atom is 0.357 e. The molecule has 3 aromatic rings. The fraction of sp³-hybridized carbons (Fsp3) is 0.238. The number of ether oxygens (including phenoxy) is 1. The lowest BCUT2D eigenvalue weighted by molar-refractivity contribution is -0.138. The molecule has 0 bridgehead atoms. The van der Waals surface area contributed by atoms with Gasteiger partial charge in [-0.2, -0.15) is 5.10 Å². The summed E-state index contributed by atoms with van der Waals surface area (Å²) in [5.74, 6) is -1.58. The zero-order chi connectivity index (χ0) is 20.4. The van der Waals surface area contributed by atoms with E-state index in [-0.39, 0.29) is 22.4 Å².